The van der Waals surface area contributed by atoms with Gasteiger partial charge in [-0.25, -0.2) is 5.10 Å². The summed E-state index contributed by atoms with van der Waals surface area (Å²) in [5.41, 5.74) is -4.67. The van der Waals surface area contributed by atoms with Crippen LogP contribution in [0, 0.1) is 0 Å². The molecule has 0 aliphatic carbocycles. The van der Waals surface area contributed by atoms with Crippen molar-refractivity contribution >= 4 is 11.7 Å². The highest BCUT2D eigenvalue weighted by Gasteiger charge is 2.38. The lowest BCUT2D eigenvalue weighted by atomic mass is 10.2. The van der Waals surface area contributed by atoms with E-state index < -0.39 is 34.7 Å². The molecule has 7 nitrogen and oxygen atoms in total. The second-order valence-corrected chi connectivity index (χ2v) is 4.61. The Morgan fingerprint density at radius 3 is 2.62 bits per heavy atom. The molecular weight excluding hydrogens is 295 g/mol. The van der Waals surface area contributed by atoms with Gasteiger partial charge in [-0.1, -0.05) is 0 Å². The first kappa shape index (κ1) is 17.0. The van der Waals surface area contributed by atoms with Gasteiger partial charge in [0.1, 0.15) is 11.3 Å². The molecule has 1 heterocycles. The van der Waals surface area contributed by atoms with E-state index in [0.717, 1.165) is 6.20 Å². The molecule has 118 valence electrons. The number of H-pyrrole nitrogens is 1. The van der Waals surface area contributed by atoms with E-state index in [9.17, 15) is 22.8 Å². The molecule has 21 heavy (non-hydrogen) atoms. The van der Waals surface area contributed by atoms with E-state index in [1.165, 1.54) is 13.8 Å². The number of alkyl halides is 3. The van der Waals surface area contributed by atoms with Crippen LogP contribution in [-0.4, -0.2) is 33.6 Å². The third-order valence-corrected chi connectivity index (χ3v) is 2.35. The normalized spacial score (nSPS) is 12.2. The number of carboxylic acid groups (broad SMARTS) is 1. The van der Waals surface area contributed by atoms with Crippen LogP contribution in [0.3, 0.4) is 0 Å². The zero-order chi connectivity index (χ0) is 16.3. The molecule has 0 aromatic carbocycles. The topological polar surface area (TPSA) is 104 Å². The fraction of sp³-hybridized carbons (Fsp3) is 0.545. The van der Waals surface area contributed by atoms with Crippen molar-refractivity contribution in [3.8, 4) is 0 Å². The summed E-state index contributed by atoms with van der Waals surface area (Å²) < 4.78 is 43.7. The minimum atomic E-state index is -4.87. The van der Waals surface area contributed by atoms with Gasteiger partial charge >= 0.3 is 12.1 Å². The van der Waals surface area contributed by atoms with E-state index in [1.54, 1.807) is 5.10 Å². The number of nitrogens with one attached hydrogen (secondary N) is 2. The zero-order valence-electron chi connectivity index (χ0n) is 11.2. The second-order valence-electron chi connectivity index (χ2n) is 4.61. The Bertz CT molecular complexity index is 569. The fourth-order valence-electron chi connectivity index (χ4n) is 1.53. The number of ether oxygens (including phenoxy) is 1. The number of aliphatic carboxylic acids is 1. The monoisotopic (exact) mass is 309 g/mol. The molecule has 1 aromatic rings. The maximum atomic E-state index is 12.8. The van der Waals surface area contributed by atoms with E-state index >= 15 is 0 Å². The number of halogens is 3. The third kappa shape index (κ3) is 5.06. The van der Waals surface area contributed by atoms with Crippen molar-refractivity contribution in [2.75, 3.05) is 11.9 Å². The predicted molar refractivity (Wildman–Crippen MR) is 65.8 cm³/mol. The molecule has 0 amide bonds. The number of aromatic amines is 1. The van der Waals surface area contributed by atoms with E-state index in [1.807, 2.05) is 0 Å². The van der Waals surface area contributed by atoms with E-state index in [4.69, 9.17) is 9.84 Å². The van der Waals surface area contributed by atoms with Crippen LogP contribution in [0.5, 0.6) is 0 Å². The Balaban J connectivity index is 2.94. The SMILES string of the molecule is CC(C)(Nc1cn[nH]c(=O)c1C(F)(F)F)OCCC(=O)O. The number of carboxylic acids is 1. The lowest BCUT2D eigenvalue weighted by Crippen LogP contribution is -2.37. The van der Waals surface area contributed by atoms with Crippen molar-refractivity contribution in [3.05, 3.63) is 22.1 Å². The van der Waals surface area contributed by atoms with Gasteiger partial charge in [-0.15, -0.1) is 0 Å². The van der Waals surface area contributed by atoms with Crippen LogP contribution in [0.4, 0.5) is 18.9 Å². The highest BCUT2D eigenvalue weighted by atomic mass is 19.4. The Labute approximate surface area is 117 Å². The molecule has 10 heteroatoms. The maximum absolute atomic E-state index is 12.8. The average molecular weight is 309 g/mol. The van der Waals surface area contributed by atoms with Gasteiger partial charge in [-0.2, -0.15) is 18.3 Å². The number of hydrogen-bond acceptors (Lipinski definition) is 5. The standard InChI is InChI=1S/C11H14F3N3O4/c1-10(2,21-4-3-7(18)19)16-6-5-15-17-9(20)8(6)11(12,13)14/h5H,3-4H2,1-2H3,(H,18,19)(H2,16,17,20). The number of hydrogen-bond donors (Lipinski definition) is 3. The van der Waals surface area contributed by atoms with Crippen molar-refractivity contribution < 1.29 is 27.8 Å². The van der Waals surface area contributed by atoms with Gasteiger partial charge in [0.25, 0.3) is 5.56 Å². The average Bonchev–Trinajstić information content (AvgIpc) is 2.25. The fourth-order valence-corrected chi connectivity index (χ4v) is 1.53. The van der Waals surface area contributed by atoms with Gasteiger partial charge in [0.05, 0.1) is 24.9 Å². The Kier molecular flexibility index (Phi) is 4.94. The third-order valence-electron chi connectivity index (χ3n) is 2.35. The van der Waals surface area contributed by atoms with Crippen LogP contribution < -0.4 is 10.9 Å². The van der Waals surface area contributed by atoms with Crippen molar-refractivity contribution in [1.29, 1.82) is 0 Å². The summed E-state index contributed by atoms with van der Waals surface area (Å²) in [4.78, 5) is 21.6. The molecule has 0 spiro atoms. The minimum absolute atomic E-state index is 0.201. The number of aromatic nitrogens is 2. The zero-order valence-corrected chi connectivity index (χ0v) is 11.2. The van der Waals surface area contributed by atoms with Gasteiger partial charge in [-0.05, 0) is 13.8 Å². The molecule has 1 rings (SSSR count). The smallest absolute Gasteiger partial charge is 0.423 e. The number of nitrogens with zero attached hydrogens (tertiary/aromatic N) is 1. The molecule has 1 aromatic heterocycles. The largest absolute Gasteiger partial charge is 0.481 e. The van der Waals surface area contributed by atoms with Crippen LogP contribution >= 0.6 is 0 Å². The van der Waals surface area contributed by atoms with Gasteiger partial charge < -0.3 is 15.2 Å². The molecule has 3 N–H and O–H groups in total. The summed E-state index contributed by atoms with van der Waals surface area (Å²) in [6, 6.07) is 0. The molecular formula is C11H14F3N3O4. The Morgan fingerprint density at radius 2 is 2.10 bits per heavy atom. The van der Waals surface area contributed by atoms with Gasteiger partial charge in [0, 0.05) is 0 Å². The van der Waals surface area contributed by atoms with Crippen molar-refractivity contribution in [2.45, 2.75) is 32.2 Å². The molecule has 0 unspecified atom stereocenters. The Morgan fingerprint density at radius 1 is 1.48 bits per heavy atom. The summed E-state index contributed by atoms with van der Waals surface area (Å²) in [7, 11) is 0. The summed E-state index contributed by atoms with van der Waals surface area (Å²) in [5.74, 6) is -1.10. The molecule has 0 bridgehead atoms. The van der Waals surface area contributed by atoms with Gasteiger partial charge in [0.2, 0.25) is 0 Å². The molecule has 0 saturated carbocycles. The number of rotatable bonds is 6. The summed E-state index contributed by atoms with van der Waals surface area (Å²) >= 11 is 0. The van der Waals surface area contributed by atoms with Crippen molar-refractivity contribution in [2.24, 2.45) is 0 Å². The summed E-state index contributed by atoms with van der Waals surface area (Å²) in [6.07, 6.45) is -4.35. The van der Waals surface area contributed by atoms with E-state index in [2.05, 4.69) is 10.4 Å². The highest BCUT2D eigenvalue weighted by molar-refractivity contribution is 5.66. The first-order chi connectivity index (χ1) is 9.53. The van der Waals surface area contributed by atoms with E-state index in [-0.39, 0.29) is 13.0 Å². The Hall–Kier alpha value is -2.10. The lowest BCUT2D eigenvalue weighted by Gasteiger charge is -2.28. The highest BCUT2D eigenvalue weighted by Crippen LogP contribution is 2.32. The van der Waals surface area contributed by atoms with Gasteiger partial charge in [-0.3, -0.25) is 9.59 Å². The first-order valence-corrected chi connectivity index (χ1v) is 5.82. The molecule has 0 atom stereocenters. The minimum Gasteiger partial charge on any atom is -0.481 e. The van der Waals surface area contributed by atoms with Crippen molar-refractivity contribution in [3.63, 3.8) is 0 Å². The quantitative estimate of drug-likeness (QED) is 0.687. The molecule has 0 fully saturated rings. The number of carbonyl (C=O) groups is 1. The van der Waals surface area contributed by atoms with Crippen LogP contribution in [0.25, 0.3) is 0 Å². The molecule has 0 aliphatic rings. The molecule has 0 radical (unpaired) electrons. The van der Waals surface area contributed by atoms with Gasteiger partial charge in [0.15, 0.2) is 0 Å². The lowest BCUT2D eigenvalue weighted by molar-refractivity contribution is -0.139. The maximum Gasteiger partial charge on any atom is 0.423 e. The molecule has 0 aliphatic heterocycles. The second kappa shape index (κ2) is 6.12. The number of anilines is 1. The van der Waals surface area contributed by atoms with Crippen LogP contribution in [0.1, 0.15) is 25.8 Å². The molecule has 0 saturated heterocycles. The van der Waals surface area contributed by atoms with Crippen LogP contribution in [0.2, 0.25) is 0 Å². The predicted octanol–water partition coefficient (Wildman–Crippen LogP) is 1.43. The van der Waals surface area contributed by atoms with E-state index in [0.29, 0.717) is 0 Å². The summed E-state index contributed by atoms with van der Waals surface area (Å²) in [6.45, 7) is 2.60. The summed E-state index contributed by atoms with van der Waals surface area (Å²) in [5, 5.41) is 15.9. The van der Waals surface area contributed by atoms with Crippen LogP contribution in [0.15, 0.2) is 11.0 Å². The van der Waals surface area contributed by atoms with Crippen LogP contribution in [-0.2, 0) is 15.7 Å². The first-order valence-electron chi connectivity index (χ1n) is 5.82. The van der Waals surface area contributed by atoms with Crippen molar-refractivity contribution in [1.82, 2.24) is 10.2 Å².